The van der Waals surface area contributed by atoms with E-state index in [0.717, 1.165) is 47.6 Å². The summed E-state index contributed by atoms with van der Waals surface area (Å²) in [6, 6.07) is 24.1. The Bertz CT molecular complexity index is 1260. The Morgan fingerprint density at radius 1 is 0.556 bits per heavy atom. The molecule has 0 aliphatic heterocycles. The molecule has 2 N–H and O–H groups in total. The molecule has 0 aromatic heterocycles. The summed E-state index contributed by atoms with van der Waals surface area (Å²) < 4.78 is 0. The van der Waals surface area contributed by atoms with Crippen LogP contribution >= 0.6 is 0 Å². The molecule has 1 aliphatic rings. The number of carboxylic acid groups (broad SMARTS) is 2. The van der Waals surface area contributed by atoms with E-state index in [1.54, 1.807) is 18.2 Å². The first-order valence-corrected chi connectivity index (χ1v) is 13.0. The Kier molecular flexibility index (Phi) is 8.72. The Hall–Kier alpha value is -3.66. The van der Waals surface area contributed by atoms with E-state index >= 15 is 0 Å². The zero-order valence-corrected chi connectivity index (χ0v) is 20.7. The van der Waals surface area contributed by atoms with E-state index in [4.69, 9.17) is 0 Å². The van der Waals surface area contributed by atoms with Crippen LogP contribution in [0.4, 0.5) is 0 Å². The molecule has 0 spiro atoms. The van der Waals surface area contributed by atoms with Crippen LogP contribution in [0.5, 0.6) is 0 Å². The topological polar surface area (TPSA) is 74.6 Å². The molecule has 0 atom stereocenters. The average Bonchev–Trinajstić information content (AvgIpc) is 2.88. The van der Waals surface area contributed by atoms with Gasteiger partial charge < -0.3 is 10.2 Å². The van der Waals surface area contributed by atoms with Crippen molar-refractivity contribution in [3.8, 4) is 11.1 Å². The molecule has 0 saturated heterocycles. The van der Waals surface area contributed by atoms with Crippen LogP contribution in [0.25, 0.3) is 21.9 Å². The molecule has 3 aromatic carbocycles. The van der Waals surface area contributed by atoms with Crippen LogP contribution in [0.3, 0.4) is 0 Å². The van der Waals surface area contributed by atoms with Crippen molar-refractivity contribution in [3.63, 3.8) is 0 Å². The van der Waals surface area contributed by atoms with Gasteiger partial charge in [0, 0.05) is 5.56 Å². The van der Waals surface area contributed by atoms with E-state index in [2.05, 4.69) is 0 Å². The molecule has 4 rings (SSSR count). The van der Waals surface area contributed by atoms with Crippen molar-refractivity contribution < 1.29 is 19.8 Å². The third kappa shape index (κ3) is 5.93. The Balaban J connectivity index is 1.99. The molecule has 0 amide bonds. The van der Waals surface area contributed by atoms with Gasteiger partial charge in [-0.25, -0.2) is 9.59 Å². The molecule has 1 fully saturated rings. The molecular formula is C32H34O4. The summed E-state index contributed by atoms with van der Waals surface area (Å²) in [6.45, 7) is 0. The average molecular weight is 483 g/mol. The van der Waals surface area contributed by atoms with Crippen molar-refractivity contribution in [1.29, 1.82) is 0 Å². The number of aromatic carboxylic acids is 2. The zero-order chi connectivity index (χ0) is 25.3. The molecule has 36 heavy (non-hydrogen) atoms. The number of fused-ring (bicyclic) bond motifs is 1. The molecule has 0 heterocycles. The molecule has 0 unspecified atom stereocenters. The van der Waals surface area contributed by atoms with Gasteiger partial charge in [0.15, 0.2) is 0 Å². The van der Waals surface area contributed by atoms with Crippen LogP contribution in [0.15, 0.2) is 78.9 Å². The fraction of sp³-hybridized carbons (Fsp3) is 0.312. The second kappa shape index (κ2) is 12.3. The van der Waals surface area contributed by atoms with E-state index in [1.807, 2.05) is 60.7 Å². The second-order valence-electron chi connectivity index (χ2n) is 9.61. The molecule has 3 aromatic rings. The minimum Gasteiger partial charge on any atom is -0.478 e. The second-order valence-corrected chi connectivity index (χ2v) is 9.61. The molecular weight excluding hydrogens is 448 g/mol. The van der Waals surface area contributed by atoms with E-state index in [0.29, 0.717) is 11.1 Å². The lowest BCUT2D eigenvalue weighted by Crippen LogP contribution is -2.10. The Morgan fingerprint density at radius 2 is 1.03 bits per heavy atom. The van der Waals surface area contributed by atoms with Gasteiger partial charge in [-0.1, -0.05) is 112 Å². The summed E-state index contributed by atoms with van der Waals surface area (Å²) in [6.07, 6.45) is 10.2. The van der Waals surface area contributed by atoms with Crippen molar-refractivity contribution in [2.24, 2.45) is 0 Å². The normalized spacial score (nSPS) is 15.1. The SMILES string of the molecule is O=C(O)c1ccc2c(C3CCCCCCCCC3)c(C(=O)O)ccc2c1-c1ccccccccc1. The molecule has 4 heteroatoms. The highest BCUT2D eigenvalue weighted by Crippen LogP contribution is 2.41. The van der Waals surface area contributed by atoms with Crippen LogP contribution in [-0.2, 0) is 0 Å². The zero-order valence-electron chi connectivity index (χ0n) is 20.7. The summed E-state index contributed by atoms with van der Waals surface area (Å²) in [7, 11) is 0. The van der Waals surface area contributed by atoms with Crippen LogP contribution in [0.1, 0.15) is 90.0 Å². The first-order chi connectivity index (χ1) is 17.6. The summed E-state index contributed by atoms with van der Waals surface area (Å²) in [5.41, 5.74) is 2.80. The van der Waals surface area contributed by atoms with Crippen LogP contribution in [-0.4, -0.2) is 22.2 Å². The Labute approximate surface area is 212 Å². The van der Waals surface area contributed by atoms with Gasteiger partial charge in [0.2, 0.25) is 0 Å². The molecule has 186 valence electrons. The van der Waals surface area contributed by atoms with Gasteiger partial charge in [-0.3, -0.25) is 0 Å². The predicted molar refractivity (Wildman–Crippen MR) is 145 cm³/mol. The van der Waals surface area contributed by atoms with Gasteiger partial charge in [-0.05, 0) is 52.8 Å². The predicted octanol–water partition coefficient (Wildman–Crippen LogP) is 8.64. The maximum atomic E-state index is 12.4. The quantitative estimate of drug-likeness (QED) is 0.390. The number of rotatable bonds is 4. The largest absolute Gasteiger partial charge is 0.478 e. The molecule has 0 radical (unpaired) electrons. The molecule has 1 aliphatic carbocycles. The maximum Gasteiger partial charge on any atom is 0.336 e. The van der Waals surface area contributed by atoms with Gasteiger partial charge >= 0.3 is 11.9 Å². The first-order valence-electron chi connectivity index (χ1n) is 13.0. The molecule has 1 saturated carbocycles. The number of carbonyl (C=O) groups is 2. The monoisotopic (exact) mass is 482 g/mol. The van der Waals surface area contributed by atoms with Gasteiger partial charge in [-0.2, -0.15) is 0 Å². The number of carboxylic acids is 2. The highest BCUT2D eigenvalue weighted by Gasteiger charge is 2.25. The fourth-order valence-corrected chi connectivity index (χ4v) is 5.50. The van der Waals surface area contributed by atoms with Crippen LogP contribution in [0, 0.1) is 0 Å². The van der Waals surface area contributed by atoms with E-state index in [9.17, 15) is 19.8 Å². The summed E-state index contributed by atoms with van der Waals surface area (Å²) in [5, 5.41) is 21.8. The highest BCUT2D eigenvalue weighted by molar-refractivity contribution is 6.10. The standard InChI is InChI=1S/C32H34O4/c33-31(34)27-21-20-26-25(29(27)23-15-11-7-3-1-4-8-12-16-23)19-22-28(32(35)36)30(26)24-17-13-9-5-2-6-10-14-18-24/h1,3-4,7-8,11-12,15-16,19-22,24H,2,5-6,9-10,13-14,17-18H2,(H,33,34)(H,35,36). The van der Waals surface area contributed by atoms with Crippen molar-refractivity contribution >= 4 is 22.7 Å². The van der Waals surface area contributed by atoms with Crippen LogP contribution in [0.2, 0.25) is 0 Å². The summed E-state index contributed by atoms with van der Waals surface area (Å²) in [5.74, 6) is -1.78. The lowest BCUT2D eigenvalue weighted by Gasteiger charge is -2.24. The lowest BCUT2D eigenvalue weighted by atomic mass is 9.80. The summed E-state index contributed by atoms with van der Waals surface area (Å²) in [4.78, 5) is 24.7. The van der Waals surface area contributed by atoms with Crippen molar-refractivity contribution in [2.75, 3.05) is 0 Å². The number of hydrogen-bond donors (Lipinski definition) is 2. The minimum atomic E-state index is -1.000. The van der Waals surface area contributed by atoms with E-state index < -0.39 is 11.9 Å². The van der Waals surface area contributed by atoms with Gasteiger partial charge in [-0.15, -0.1) is 0 Å². The minimum absolute atomic E-state index is 0.142. The van der Waals surface area contributed by atoms with Gasteiger partial charge in [0.25, 0.3) is 0 Å². The lowest BCUT2D eigenvalue weighted by molar-refractivity contribution is 0.0685. The van der Waals surface area contributed by atoms with E-state index in [1.165, 1.54) is 32.1 Å². The summed E-state index contributed by atoms with van der Waals surface area (Å²) >= 11 is 0. The van der Waals surface area contributed by atoms with E-state index in [-0.39, 0.29) is 11.5 Å². The van der Waals surface area contributed by atoms with Crippen molar-refractivity contribution in [2.45, 2.75) is 63.7 Å². The number of hydrogen-bond acceptors (Lipinski definition) is 2. The molecule has 4 nitrogen and oxygen atoms in total. The van der Waals surface area contributed by atoms with Crippen LogP contribution < -0.4 is 0 Å². The molecule has 0 bridgehead atoms. The van der Waals surface area contributed by atoms with Gasteiger partial charge in [0.1, 0.15) is 0 Å². The third-order valence-corrected chi connectivity index (χ3v) is 7.22. The van der Waals surface area contributed by atoms with Gasteiger partial charge in [0.05, 0.1) is 11.1 Å². The fourth-order valence-electron chi connectivity index (χ4n) is 5.50. The number of benzene rings is 2. The van der Waals surface area contributed by atoms with Crippen molar-refractivity contribution in [3.05, 3.63) is 95.6 Å². The first kappa shape index (κ1) is 25.4. The maximum absolute atomic E-state index is 12.4. The third-order valence-electron chi connectivity index (χ3n) is 7.22. The van der Waals surface area contributed by atoms with Crippen molar-refractivity contribution in [1.82, 2.24) is 0 Å². The smallest absolute Gasteiger partial charge is 0.336 e. The Morgan fingerprint density at radius 3 is 1.58 bits per heavy atom. The highest BCUT2D eigenvalue weighted by atomic mass is 16.4.